The lowest BCUT2D eigenvalue weighted by Crippen LogP contribution is -2.33. The van der Waals surface area contributed by atoms with Gasteiger partial charge in [-0.05, 0) is 44.2 Å². The maximum Gasteiger partial charge on any atom is 0.0705 e. The normalized spacial score (nSPS) is 23.0. The zero-order valence-electron chi connectivity index (χ0n) is 12.5. The van der Waals surface area contributed by atoms with E-state index in [2.05, 4.69) is 53.2 Å². The summed E-state index contributed by atoms with van der Waals surface area (Å²) < 4.78 is 5.63. The van der Waals surface area contributed by atoms with Gasteiger partial charge in [0.25, 0.3) is 0 Å². The van der Waals surface area contributed by atoms with Crippen molar-refractivity contribution in [1.29, 1.82) is 0 Å². The summed E-state index contributed by atoms with van der Waals surface area (Å²) >= 11 is 3.83. The molecule has 0 N–H and O–H groups in total. The summed E-state index contributed by atoms with van der Waals surface area (Å²) in [5, 5.41) is 1.21. The van der Waals surface area contributed by atoms with Crippen molar-refractivity contribution < 1.29 is 4.74 Å². The molecule has 1 unspecified atom stereocenters. The van der Waals surface area contributed by atoms with E-state index in [1.165, 1.54) is 30.3 Å². The van der Waals surface area contributed by atoms with Crippen LogP contribution < -0.4 is 0 Å². The lowest BCUT2D eigenvalue weighted by molar-refractivity contribution is -0.0263. The third kappa shape index (κ3) is 3.83. The van der Waals surface area contributed by atoms with Gasteiger partial charge in [0.2, 0.25) is 0 Å². The predicted octanol–water partition coefficient (Wildman–Crippen LogP) is 4.75. The predicted molar refractivity (Wildman–Crippen MR) is 90.9 cm³/mol. The number of nitrogens with zero attached hydrogens (tertiary/aromatic N) is 1. The number of fused-ring (bicyclic) bond motifs is 1. The van der Waals surface area contributed by atoms with Gasteiger partial charge < -0.3 is 4.74 Å². The van der Waals surface area contributed by atoms with Crippen LogP contribution in [0.15, 0.2) is 36.4 Å². The maximum absolute atomic E-state index is 5.63. The van der Waals surface area contributed by atoms with Crippen molar-refractivity contribution in [2.24, 2.45) is 5.92 Å². The first-order chi connectivity index (χ1) is 10.2. The van der Waals surface area contributed by atoms with Crippen LogP contribution in [0.4, 0.5) is 0 Å². The standard InChI is InChI=1S/C18H22BrNO/c1-2-21-17-10-13(11-17)9-15(19)12-16-8-7-14-5-3-4-6-18(14)20-16/h3-8,13,15,17H,2,9-12H2,1H3. The molecular formula is C18H22BrNO. The van der Waals surface area contributed by atoms with Crippen molar-refractivity contribution in [3.63, 3.8) is 0 Å². The van der Waals surface area contributed by atoms with Gasteiger partial charge in [0.05, 0.1) is 11.6 Å². The Bertz CT molecular complexity index is 595. The molecule has 0 bridgehead atoms. The summed E-state index contributed by atoms with van der Waals surface area (Å²) in [4.78, 5) is 5.27. The molecule has 3 rings (SSSR count). The number of benzene rings is 1. The van der Waals surface area contributed by atoms with Gasteiger partial charge in [0, 0.05) is 28.9 Å². The summed E-state index contributed by atoms with van der Waals surface area (Å²) in [5.74, 6) is 0.811. The fourth-order valence-electron chi connectivity index (χ4n) is 3.13. The van der Waals surface area contributed by atoms with Gasteiger partial charge in [-0.1, -0.05) is 40.2 Å². The van der Waals surface area contributed by atoms with Crippen LogP contribution in [0.1, 0.15) is 31.9 Å². The Kier molecular flexibility index (Phi) is 4.91. The van der Waals surface area contributed by atoms with Crippen LogP contribution >= 0.6 is 15.9 Å². The Labute approximate surface area is 135 Å². The van der Waals surface area contributed by atoms with Gasteiger partial charge in [-0.15, -0.1) is 0 Å². The molecule has 0 saturated heterocycles. The first-order valence-corrected chi connectivity index (χ1v) is 8.76. The third-order valence-corrected chi connectivity index (χ3v) is 4.97. The van der Waals surface area contributed by atoms with Crippen LogP contribution in [0, 0.1) is 5.92 Å². The average Bonchev–Trinajstić information content (AvgIpc) is 2.45. The first kappa shape index (κ1) is 15.0. The van der Waals surface area contributed by atoms with Crippen LogP contribution in [-0.2, 0) is 11.2 Å². The number of ether oxygens (including phenoxy) is 1. The number of alkyl halides is 1. The van der Waals surface area contributed by atoms with E-state index in [1.54, 1.807) is 0 Å². The zero-order valence-corrected chi connectivity index (χ0v) is 14.1. The van der Waals surface area contributed by atoms with Crippen molar-refractivity contribution in [1.82, 2.24) is 4.98 Å². The van der Waals surface area contributed by atoms with E-state index >= 15 is 0 Å². The summed E-state index contributed by atoms with van der Waals surface area (Å²) in [5.41, 5.74) is 2.27. The molecule has 0 amide bonds. The lowest BCUT2D eigenvalue weighted by atomic mass is 9.79. The molecule has 2 nitrogen and oxygen atoms in total. The molecule has 1 saturated carbocycles. The average molecular weight is 348 g/mol. The van der Waals surface area contributed by atoms with E-state index < -0.39 is 0 Å². The monoisotopic (exact) mass is 347 g/mol. The molecule has 1 fully saturated rings. The molecule has 1 aliphatic carbocycles. The van der Waals surface area contributed by atoms with E-state index in [0.717, 1.165) is 24.5 Å². The van der Waals surface area contributed by atoms with E-state index in [1.807, 2.05) is 6.07 Å². The molecule has 2 aromatic rings. The highest BCUT2D eigenvalue weighted by atomic mass is 79.9. The van der Waals surface area contributed by atoms with Crippen molar-refractivity contribution in [3.8, 4) is 0 Å². The second-order valence-electron chi connectivity index (χ2n) is 5.95. The highest BCUT2D eigenvalue weighted by molar-refractivity contribution is 9.09. The molecule has 1 aliphatic rings. The minimum absolute atomic E-state index is 0.512. The van der Waals surface area contributed by atoms with E-state index in [9.17, 15) is 0 Å². The molecule has 0 spiro atoms. The van der Waals surface area contributed by atoms with E-state index in [0.29, 0.717) is 10.9 Å². The number of halogens is 1. The van der Waals surface area contributed by atoms with Gasteiger partial charge in [-0.25, -0.2) is 0 Å². The molecule has 3 heteroatoms. The zero-order chi connectivity index (χ0) is 14.7. The van der Waals surface area contributed by atoms with Gasteiger partial charge in [0.1, 0.15) is 0 Å². The highest BCUT2D eigenvalue weighted by Gasteiger charge is 2.30. The van der Waals surface area contributed by atoms with Crippen LogP contribution in [0.2, 0.25) is 0 Å². The number of pyridine rings is 1. The Morgan fingerprint density at radius 1 is 1.24 bits per heavy atom. The molecule has 112 valence electrons. The smallest absolute Gasteiger partial charge is 0.0705 e. The van der Waals surface area contributed by atoms with Crippen molar-refractivity contribution in [2.45, 2.75) is 43.5 Å². The number of hydrogen-bond acceptors (Lipinski definition) is 2. The largest absolute Gasteiger partial charge is 0.378 e. The summed E-state index contributed by atoms with van der Waals surface area (Å²) in [6, 6.07) is 12.6. The summed E-state index contributed by atoms with van der Waals surface area (Å²) in [6.07, 6.45) is 5.18. The molecule has 1 heterocycles. The molecule has 1 aromatic heterocycles. The van der Waals surface area contributed by atoms with Gasteiger partial charge in [0.15, 0.2) is 0 Å². The molecule has 1 aromatic carbocycles. The van der Waals surface area contributed by atoms with E-state index in [-0.39, 0.29) is 0 Å². The SMILES string of the molecule is CCOC1CC(CC(Br)Cc2ccc3ccccc3n2)C1. The van der Waals surface area contributed by atoms with Crippen LogP contribution in [0.3, 0.4) is 0 Å². The topological polar surface area (TPSA) is 22.1 Å². The highest BCUT2D eigenvalue weighted by Crippen LogP contribution is 2.35. The number of aromatic nitrogens is 1. The molecule has 0 aliphatic heterocycles. The second-order valence-corrected chi connectivity index (χ2v) is 7.24. The lowest BCUT2D eigenvalue weighted by Gasteiger charge is -2.36. The number of rotatable bonds is 6. The van der Waals surface area contributed by atoms with Crippen LogP contribution in [0.5, 0.6) is 0 Å². The van der Waals surface area contributed by atoms with Crippen molar-refractivity contribution in [3.05, 3.63) is 42.1 Å². The summed E-state index contributed by atoms with van der Waals surface area (Å²) in [6.45, 7) is 2.92. The maximum atomic E-state index is 5.63. The minimum atomic E-state index is 0.512. The molecule has 0 radical (unpaired) electrons. The fraction of sp³-hybridized carbons (Fsp3) is 0.500. The van der Waals surface area contributed by atoms with Crippen molar-refractivity contribution >= 4 is 26.8 Å². The third-order valence-electron chi connectivity index (χ3n) is 4.27. The fourth-order valence-corrected chi connectivity index (χ4v) is 3.99. The quantitative estimate of drug-likeness (QED) is 0.703. The Morgan fingerprint density at radius 3 is 2.86 bits per heavy atom. The van der Waals surface area contributed by atoms with E-state index in [4.69, 9.17) is 9.72 Å². The van der Waals surface area contributed by atoms with Gasteiger partial charge in [-0.3, -0.25) is 4.98 Å². The molecular weight excluding hydrogens is 326 g/mol. The first-order valence-electron chi connectivity index (χ1n) is 7.85. The molecule has 21 heavy (non-hydrogen) atoms. The molecule has 1 atom stereocenters. The van der Waals surface area contributed by atoms with Gasteiger partial charge >= 0.3 is 0 Å². The number of hydrogen-bond donors (Lipinski definition) is 0. The van der Waals surface area contributed by atoms with Crippen LogP contribution in [-0.4, -0.2) is 22.5 Å². The Hall–Kier alpha value is -0.930. The number of para-hydroxylation sites is 1. The Morgan fingerprint density at radius 2 is 2.05 bits per heavy atom. The van der Waals surface area contributed by atoms with Gasteiger partial charge in [-0.2, -0.15) is 0 Å². The minimum Gasteiger partial charge on any atom is -0.378 e. The Balaban J connectivity index is 1.53. The van der Waals surface area contributed by atoms with Crippen molar-refractivity contribution in [2.75, 3.05) is 6.61 Å². The summed E-state index contributed by atoms with van der Waals surface area (Å²) in [7, 11) is 0. The second kappa shape index (κ2) is 6.89. The van der Waals surface area contributed by atoms with Crippen LogP contribution in [0.25, 0.3) is 10.9 Å².